The fourth-order valence-electron chi connectivity index (χ4n) is 3.30. The van der Waals surface area contributed by atoms with Crippen LogP contribution in [0.3, 0.4) is 0 Å². The molecule has 0 spiro atoms. The maximum atomic E-state index is 13.0. The molecule has 0 radical (unpaired) electrons. The highest BCUT2D eigenvalue weighted by molar-refractivity contribution is 6.24. The number of imide groups is 2. The molecule has 4 amide bonds. The van der Waals surface area contributed by atoms with E-state index < -0.39 is 29.7 Å². The van der Waals surface area contributed by atoms with Crippen LogP contribution in [0, 0.1) is 6.92 Å². The Kier molecular flexibility index (Phi) is 5.55. The minimum atomic E-state index is -0.985. The largest absolute Gasteiger partial charge is 0.492 e. The predicted octanol–water partition coefficient (Wildman–Crippen LogP) is 1.20. The van der Waals surface area contributed by atoms with Gasteiger partial charge in [-0.05, 0) is 31.9 Å². The number of aryl methyl sites for hydroxylation is 1. The Morgan fingerprint density at radius 1 is 1.15 bits per heavy atom. The molecule has 1 aromatic carbocycles. The Hall–Kier alpha value is -2.74. The lowest BCUT2D eigenvalue weighted by atomic mass is 10.0. The molecule has 144 valence electrons. The maximum absolute atomic E-state index is 13.0. The fraction of sp³-hybridized carbons (Fsp3) is 0.474. The predicted molar refractivity (Wildman–Crippen MR) is 94.5 cm³/mol. The second-order valence-corrected chi connectivity index (χ2v) is 6.48. The van der Waals surface area contributed by atoms with Crippen molar-refractivity contribution in [3.05, 3.63) is 28.8 Å². The lowest BCUT2D eigenvalue weighted by molar-refractivity contribution is -0.136. The van der Waals surface area contributed by atoms with Gasteiger partial charge in [-0.1, -0.05) is 6.07 Å². The van der Waals surface area contributed by atoms with Crippen LogP contribution in [0.15, 0.2) is 12.1 Å². The molecule has 2 aliphatic heterocycles. The van der Waals surface area contributed by atoms with E-state index in [0.29, 0.717) is 32.0 Å². The van der Waals surface area contributed by atoms with E-state index >= 15 is 0 Å². The van der Waals surface area contributed by atoms with Crippen molar-refractivity contribution in [3.63, 3.8) is 0 Å². The SMILES string of the molecule is CCOCCCOc1c(C)ccc2c1C(=O)N(C1CCC(=O)NC1=O)C2=O. The summed E-state index contributed by atoms with van der Waals surface area (Å²) in [6.45, 7) is 5.21. The van der Waals surface area contributed by atoms with Crippen molar-refractivity contribution in [3.8, 4) is 5.75 Å². The van der Waals surface area contributed by atoms with Crippen LogP contribution in [0.25, 0.3) is 0 Å². The van der Waals surface area contributed by atoms with E-state index in [1.54, 1.807) is 19.1 Å². The highest BCUT2D eigenvalue weighted by Crippen LogP contribution is 2.35. The van der Waals surface area contributed by atoms with Crippen LogP contribution in [0.5, 0.6) is 5.75 Å². The van der Waals surface area contributed by atoms with Gasteiger partial charge >= 0.3 is 0 Å². The molecule has 2 heterocycles. The zero-order chi connectivity index (χ0) is 19.6. The number of ether oxygens (including phenoxy) is 2. The fourth-order valence-corrected chi connectivity index (χ4v) is 3.30. The number of fused-ring (bicyclic) bond motifs is 1. The van der Waals surface area contributed by atoms with Crippen molar-refractivity contribution < 1.29 is 28.7 Å². The maximum Gasteiger partial charge on any atom is 0.266 e. The zero-order valence-corrected chi connectivity index (χ0v) is 15.4. The number of rotatable bonds is 7. The Balaban J connectivity index is 1.84. The summed E-state index contributed by atoms with van der Waals surface area (Å²) in [5, 5.41) is 2.18. The lowest BCUT2D eigenvalue weighted by Crippen LogP contribution is -2.54. The van der Waals surface area contributed by atoms with Gasteiger partial charge in [0.05, 0.1) is 17.7 Å². The summed E-state index contributed by atoms with van der Waals surface area (Å²) in [6.07, 6.45) is 0.860. The van der Waals surface area contributed by atoms with Gasteiger partial charge in [0.15, 0.2) is 0 Å². The summed E-state index contributed by atoms with van der Waals surface area (Å²) in [7, 11) is 0. The molecule has 27 heavy (non-hydrogen) atoms. The van der Waals surface area contributed by atoms with Crippen LogP contribution < -0.4 is 10.1 Å². The van der Waals surface area contributed by atoms with Gasteiger partial charge in [0.1, 0.15) is 11.8 Å². The molecule has 1 unspecified atom stereocenters. The molecule has 1 fully saturated rings. The van der Waals surface area contributed by atoms with Crippen molar-refractivity contribution in [1.82, 2.24) is 10.2 Å². The molecule has 8 heteroatoms. The van der Waals surface area contributed by atoms with Gasteiger partial charge in [-0.3, -0.25) is 29.4 Å². The zero-order valence-electron chi connectivity index (χ0n) is 15.4. The van der Waals surface area contributed by atoms with Crippen molar-refractivity contribution >= 4 is 23.6 Å². The van der Waals surface area contributed by atoms with Crippen LogP contribution in [0.2, 0.25) is 0 Å². The van der Waals surface area contributed by atoms with E-state index in [4.69, 9.17) is 9.47 Å². The minimum absolute atomic E-state index is 0.0869. The molecule has 8 nitrogen and oxygen atoms in total. The summed E-state index contributed by atoms with van der Waals surface area (Å²) < 4.78 is 11.1. The van der Waals surface area contributed by atoms with Gasteiger partial charge < -0.3 is 9.47 Å². The van der Waals surface area contributed by atoms with E-state index in [0.717, 1.165) is 10.5 Å². The first kappa shape index (κ1) is 19.0. The normalized spacial score (nSPS) is 19.3. The van der Waals surface area contributed by atoms with E-state index in [1.165, 1.54) is 0 Å². The highest BCUT2D eigenvalue weighted by Gasteiger charge is 2.46. The standard InChI is InChI=1S/C19H22N2O6/c1-3-26-9-4-10-27-16-11(2)5-6-12-15(16)19(25)21(18(12)24)13-7-8-14(22)20-17(13)23/h5-6,13H,3-4,7-10H2,1-2H3,(H,20,22,23). The highest BCUT2D eigenvalue weighted by atomic mass is 16.5. The van der Waals surface area contributed by atoms with Crippen molar-refractivity contribution in [1.29, 1.82) is 0 Å². The average Bonchev–Trinajstić information content (AvgIpc) is 2.88. The number of carbonyl (C=O) groups is 4. The van der Waals surface area contributed by atoms with Gasteiger partial charge in [0.25, 0.3) is 11.8 Å². The van der Waals surface area contributed by atoms with E-state index in [-0.39, 0.29) is 24.0 Å². The average molecular weight is 374 g/mol. The number of benzene rings is 1. The van der Waals surface area contributed by atoms with Crippen LogP contribution >= 0.6 is 0 Å². The van der Waals surface area contributed by atoms with E-state index in [2.05, 4.69) is 5.32 Å². The van der Waals surface area contributed by atoms with Crippen LogP contribution in [-0.2, 0) is 14.3 Å². The summed E-state index contributed by atoms with van der Waals surface area (Å²) in [6, 6.07) is 2.31. The van der Waals surface area contributed by atoms with E-state index in [9.17, 15) is 19.2 Å². The first-order valence-corrected chi connectivity index (χ1v) is 9.01. The molecule has 1 aromatic rings. The number of nitrogens with one attached hydrogen (secondary N) is 1. The minimum Gasteiger partial charge on any atom is -0.492 e. The summed E-state index contributed by atoms with van der Waals surface area (Å²) >= 11 is 0. The van der Waals surface area contributed by atoms with E-state index in [1.807, 2.05) is 6.92 Å². The van der Waals surface area contributed by atoms with Gasteiger partial charge in [-0.2, -0.15) is 0 Å². The molecular formula is C19H22N2O6. The number of nitrogens with zero attached hydrogens (tertiary/aromatic N) is 1. The smallest absolute Gasteiger partial charge is 0.266 e. The second kappa shape index (κ2) is 7.87. The van der Waals surface area contributed by atoms with Crippen molar-refractivity contribution in [2.24, 2.45) is 0 Å². The van der Waals surface area contributed by atoms with Gasteiger partial charge in [0.2, 0.25) is 11.8 Å². The second-order valence-electron chi connectivity index (χ2n) is 6.48. The quantitative estimate of drug-likeness (QED) is 0.568. The molecule has 1 saturated heterocycles. The number of carbonyl (C=O) groups excluding carboxylic acids is 4. The molecule has 1 atom stereocenters. The molecule has 0 saturated carbocycles. The summed E-state index contributed by atoms with van der Waals surface area (Å²) in [5.41, 5.74) is 1.13. The number of hydrogen-bond acceptors (Lipinski definition) is 6. The first-order valence-electron chi connectivity index (χ1n) is 9.01. The third kappa shape index (κ3) is 3.57. The molecule has 2 aliphatic rings. The van der Waals surface area contributed by atoms with Crippen LogP contribution in [0.4, 0.5) is 0 Å². The van der Waals surface area contributed by atoms with Gasteiger partial charge in [-0.15, -0.1) is 0 Å². The van der Waals surface area contributed by atoms with Gasteiger partial charge in [-0.25, -0.2) is 0 Å². The summed E-state index contributed by atoms with van der Waals surface area (Å²) in [5.74, 6) is -1.77. The lowest BCUT2D eigenvalue weighted by Gasteiger charge is -2.27. The number of piperidine rings is 1. The van der Waals surface area contributed by atoms with Crippen LogP contribution in [-0.4, -0.2) is 54.4 Å². The van der Waals surface area contributed by atoms with Crippen LogP contribution in [0.1, 0.15) is 52.5 Å². The van der Waals surface area contributed by atoms with Gasteiger partial charge in [0, 0.05) is 26.1 Å². The molecule has 1 N–H and O–H groups in total. The molecule has 0 aliphatic carbocycles. The Morgan fingerprint density at radius 3 is 2.63 bits per heavy atom. The molecule has 0 bridgehead atoms. The number of amides is 4. The molecule has 0 aromatic heterocycles. The Bertz CT molecular complexity index is 804. The third-order valence-electron chi connectivity index (χ3n) is 4.64. The Morgan fingerprint density at radius 2 is 1.93 bits per heavy atom. The molecule has 3 rings (SSSR count). The first-order chi connectivity index (χ1) is 13.0. The Labute approximate surface area is 156 Å². The topological polar surface area (TPSA) is 102 Å². The monoisotopic (exact) mass is 374 g/mol. The van der Waals surface area contributed by atoms with Crippen molar-refractivity contribution in [2.45, 2.75) is 39.2 Å². The molecular weight excluding hydrogens is 352 g/mol. The number of hydrogen-bond donors (Lipinski definition) is 1. The van der Waals surface area contributed by atoms with Crippen molar-refractivity contribution in [2.75, 3.05) is 19.8 Å². The third-order valence-corrected chi connectivity index (χ3v) is 4.64. The summed E-state index contributed by atoms with van der Waals surface area (Å²) in [4.78, 5) is 50.2.